The van der Waals surface area contributed by atoms with Crippen molar-refractivity contribution in [3.8, 4) is 11.5 Å². The van der Waals surface area contributed by atoms with Crippen LogP contribution in [0.3, 0.4) is 0 Å². The van der Waals surface area contributed by atoms with Crippen molar-refractivity contribution in [1.29, 1.82) is 0 Å². The number of ether oxygens (including phenoxy) is 2. The van der Waals surface area contributed by atoms with E-state index in [1.54, 1.807) is 6.08 Å². The summed E-state index contributed by atoms with van der Waals surface area (Å²) in [6, 6.07) is 11.1. The molecule has 0 unspecified atom stereocenters. The van der Waals surface area contributed by atoms with Crippen LogP contribution in [-0.4, -0.2) is 17.0 Å². The van der Waals surface area contributed by atoms with Crippen LogP contribution in [0.1, 0.15) is 5.56 Å². The number of benzene rings is 2. The highest BCUT2D eigenvalue weighted by atomic mass is 32.2. The number of rotatable bonds is 2. The van der Waals surface area contributed by atoms with Gasteiger partial charge in [0.15, 0.2) is 15.8 Å². The topological polar surface area (TPSA) is 38.8 Å². The van der Waals surface area contributed by atoms with Crippen molar-refractivity contribution in [2.45, 2.75) is 0 Å². The largest absolute Gasteiger partial charge is 0.454 e. The molecule has 0 aliphatic carbocycles. The fourth-order valence-electron chi connectivity index (χ4n) is 2.49. The molecule has 120 valence electrons. The minimum absolute atomic E-state index is 0.163. The summed E-state index contributed by atoms with van der Waals surface area (Å²) in [6.45, 7) is 0.163. The monoisotopic (exact) mass is 359 g/mol. The lowest BCUT2D eigenvalue weighted by Gasteiger charge is -2.14. The van der Waals surface area contributed by atoms with E-state index in [1.165, 1.54) is 40.9 Å². The molecule has 0 aromatic heterocycles. The molecule has 0 saturated carbocycles. The van der Waals surface area contributed by atoms with Gasteiger partial charge in [-0.3, -0.25) is 9.69 Å². The molecule has 1 fully saturated rings. The molecular weight excluding hydrogens is 349 g/mol. The number of hydrogen-bond acceptors (Lipinski definition) is 5. The van der Waals surface area contributed by atoms with Crippen molar-refractivity contribution in [2.24, 2.45) is 0 Å². The fraction of sp³-hybridized carbons (Fsp3) is 0.0588. The first-order valence-electron chi connectivity index (χ1n) is 7.05. The summed E-state index contributed by atoms with van der Waals surface area (Å²) in [7, 11) is 0. The van der Waals surface area contributed by atoms with Gasteiger partial charge in [-0.1, -0.05) is 36.1 Å². The lowest BCUT2D eigenvalue weighted by atomic mass is 10.1. The molecule has 4 rings (SSSR count). The predicted molar refractivity (Wildman–Crippen MR) is 94.6 cm³/mol. The zero-order chi connectivity index (χ0) is 16.7. The first-order valence-corrected chi connectivity index (χ1v) is 8.28. The maximum Gasteiger partial charge on any atom is 0.270 e. The molecule has 1 saturated heterocycles. The first kappa shape index (κ1) is 15.2. The van der Waals surface area contributed by atoms with E-state index in [4.69, 9.17) is 21.7 Å². The van der Waals surface area contributed by atoms with E-state index in [9.17, 15) is 9.18 Å². The number of halogens is 1. The fourth-order valence-corrected chi connectivity index (χ4v) is 3.78. The zero-order valence-electron chi connectivity index (χ0n) is 12.2. The number of amides is 1. The molecular formula is C17H10FNO3S2. The second kappa shape index (κ2) is 5.92. The molecule has 0 atom stereocenters. The number of para-hydroxylation sites is 1. The highest BCUT2D eigenvalue weighted by Gasteiger charge is 2.33. The van der Waals surface area contributed by atoms with Gasteiger partial charge in [-0.05, 0) is 36.4 Å². The maximum absolute atomic E-state index is 13.1. The second-order valence-corrected chi connectivity index (χ2v) is 6.75. The Morgan fingerprint density at radius 1 is 1.17 bits per heavy atom. The van der Waals surface area contributed by atoms with Crippen LogP contribution in [0.25, 0.3) is 6.08 Å². The number of thiocarbonyl (C=S) groups is 1. The van der Waals surface area contributed by atoms with Crippen molar-refractivity contribution in [3.05, 3.63) is 58.8 Å². The zero-order valence-corrected chi connectivity index (χ0v) is 13.8. The van der Waals surface area contributed by atoms with E-state index < -0.39 is 0 Å². The van der Waals surface area contributed by atoms with Gasteiger partial charge in [0, 0.05) is 5.56 Å². The second-order valence-electron chi connectivity index (χ2n) is 5.07. The van der Waals surface area contributed by atoms with Crippen molar-refractivity contribution >= 4 is 46.0 Å². The summed E-state index contributed by atoms with van der Waals surface area (Å²) in [5.74, 6) is 0.659. The van der Waals surface area contributed by atoms with Gasteiger partial charge in [0.1, 0.15) is 5.82 Å². The van der Waals surface area contributed by atoms with Crippen LogP contribution < -0.4 is 14.4 Å². The average molecular weight is 359 g/mol. The number of carbonyl (C=O) groups excluding carboxylic acids is 1. The number of nitrogens with zero attached hydrogens (tertiary/aromatic N) is 1. The number of anilines is 1. The van der Waals surface area contributed by atoms with Gasteiger partial charge in [-0.2, -0.15) is 0 Å². The van der Waals surface area contributed by atoms with Gasteiger partial charge in [0.05, 0.1) is 10.6 Å². The van der Waals surface area contributed by atoms with Gasteiger partial charge < -0.3 is 9.47 Å². The number of fused-ring (bicyclic) bond motifs is 1. The molecule has 2 aliphatic rings. The molecule has 24 heavy (non-hydrogen) atoms. The molecule has 2 aromatic carbocycles. The number of hydrogen-bond donors (Lipinski definition) is 0. The summed E-state index contributed by atoms with van der Waals surface area (Å²) in [5.41, 5.74) is 1.30. The third-order valence-electron chi connectivity index (χ3n) is 3.59. The number of carbonyl (C=O) groups is 1. The molecule has 2 aliphatic heterocycles. The minimum atomic E-state index is -0.364. The molecule has 0 N–H and O–H groups in total. The van der Waals surface area contributed by atoms with Crippen LogP contribution in [0, 0.1) is 5.82 Å². The first-order chi connectivity index (χ1) is 11.6. The van der Waals surface area contributed by atoms with Crippen LogP contribution in [0.5, 0.6) is 11.5 Å². The van der Waals surface area contributed by atoms with E-state index >= 15 is 0 Å². The predicted octanol–water partition coefficient (Wildman–Crippen LogP) is 3.96. The summed E-state index contributed by atoms with van der Waals surface area (Å²) < 4.78 is 24.3. The van der Waals surface area contributed by atoms with Crippen molar-refractivity contribution in [1.82, 2.24) is 0 Å². The summed E-state index contributed by atoms with van der Waals surface area (Å²) in [4.78, 5) is 14.6. The summed E-state index contributed by atoms with van der Waals surface area (Å²) >= 11 is 6.50. The normalized spacial score (nSPS) is 17.9. The highest BCUT2D eigenvalue weighted by molar-refractivity contribution is 8.27. The van der Waals surface area contributed by atoms with E-state index in [1.807, 2.05) is 18.2 Å². The van der Waals surface area contributed by atoms with Gasteiger partial charge >= 0.3 is 0 Å². The Bertz CT molecular complexity index is 880. The summed E-state index contributed by atoms with van der Waals surface area (Å²) in [6.07, 6.45) is 1.73. The molecule has 7 heteroatoms. The Kier molecular flexibility index (Phi) is 3.74. The molecule has 0 spiro atoms. The van der Waals surface area contributed by atoms with Crippen LogP contribution in [0.2, 0.25) is 0 Å². The Labute approximate surface area is 146 Å². The van der Waals surface area contributed by atoms with Gasteiger partial charge in [-0.25, -0.2) is 4.39 Å². The van der Waals surface area contributed by atoms with Crippen LogP contribution in [-0.2, 0) is 4.79 Å². The quantitative estimate of drug-likeness (QED) is 0.599. The van der Waals surface area contributed by atoms with E-state index in [0.717, 1.165) is 5.56 Å². The molecule has 4 nitrogen and oxygen atoms in total. The lowest BCUT2D eigenvalue weighted by molar-refractivity contribution is -0.113. The number of thioether (sulfide) groups is 1. The van der Waals surface area contributed by atoms with E-state index in [2.05, 4.69) is 0 Å². The molecule has 2 aromatic rings. The van der Waals surface area contributed by atoms with Gasteiger partial charge in [0.2, 0.25) is 6.79 Å². The molecule has 1 amide bonds. The SMILES string of the molecule is O=C1C(=Cc2cccc3c2OCO3)SC(=S)N1c1ccc(F)cc1. The lowest BCUT2D eigenvalue weighted by Crippen LogP contribution is -2.27. The van der Waals surface area contributed by atoms with Crippen LogP contribution >= 0.6 is 24.0 Å². The third kappa shape index (κ3) is 2.55. The Balaban J connectivity index is 1.69. The highest BCUT2D eigenvalue weighted by Crippen LogP contribution is 2.40. The van der Waals surface area contributed by atoms with Crippen molar-refractivity contribution < 1.29 is 18.7 Å². The van der Waals surface area contributed by atoms with Crippen molar-refractivity contribution in [3.63, 3.8) is 0 Å². The molecule has 0 radical (unpaired) electrons. The van der Waals surface area contributed by atoms with Crippen LogP contribution in [0.15, 0.2) is 47.4 Å². The standard InChI is InChI=1S/C17H10FNO3S2/c18-11-4-6-12(7-5-11)19-16(20)14(24-17(19)23)8-10-2-1-3-13-15(10)22-9-21-13/h1-8H,9H2. The molecule has 2 heterocycles. The van der Waals surface area contributed by atoms with Crippen LogP contribution in [0.4, 0.5) is 10.1 Å². The Morgan fingerprint density at radius 2 is 1.96 bits per heavy atom. The smallest absolute Gasteiger partial charge is 0.270 e. The van der Waals surface area contributed by atoms with Gasteiger partial charge in [-0.15, -0.1) is 0 Å². The molecule has 0 bridgehead atoms. The average Bonchev–Trinajstić information content (AvgIpc) is 3.15. The van der Waals surface area contributed by atoms with Gasteiger partial charge in [0.25, 0.3) is 5.91 Å². The Morgan fingerprint density at radius 3 is 2.75 bits per heavy atom. The Hall–Kier alpha value is -2.38. The third-order valence-corrected chi connectivity index (χ3v) is 4.89. The van der Waals surface area contributed by atoms with E-state index in [0.29, 0.717) is 26.4 Å². The maximum atomic E-state index is 13.1. The van der Waals surface area contributed by atoms with Crippen molar-refractivity contribution in [2.75, 3.05) is 11.7 Å². The summed E-state index contributed by atoms with van der Waals surface area (Å²) in [5, 5.41) is 0. The van der Waals surface area contributed by atoms with E-state index in [-0.39, 0.29) is 18.5 Å². The minimum Gasteiger partial charge on any atom is -0.454 e.